The van der Waals surface area contributed by atoms with E-state index >= 15 is 0 Å². The van der Waals surface area contributed by atoms with Crippen LogP contribution in [0.25, 0.3) is 0 Å². The van der Waals surface area contributed by atoms with Crippen molar-refractivity contribution in [2.75, 3.05) is 0 Å². The SMILES string of the molecule is CCCC(C)(N)C(=O)CCc1cnn(C)c1. The number of carbonyl (C=O) groups is 1. The van der Waals surface area contributed by atoms with Crippen LogP contribution >= 0.6 is 0 Å². The van der Waals surface area contributed by atoms with Crippen LogP contribution in [0.2, 0.25) is 0 Å². The largest absolute Gasteiger partial charge is 0.319 e. The molecule has 1 atom stereocenters. The van der Waals surface area contributed by atoms with Crippen molar-refractivity contribution in [2.24, 2.45) is 12.8 Å². The van der Waals surface area contributed by atoms with Crippen LogP contribution in [0.3, 0.4) is 0 Å². The first-order valence-electron chi connectivity index (χ1n) is 5.75. The van der Waals surface area contributed by atoms with E-state index in [2.05, 4.69) is 5.10 Å². The number of ketones is 1. The molecule has 1 aromatic heterocycles. The minimum Gasteiger partial charge on any atom is -0.319 e. The molecule has 0 saturated heterocycles. The zero-order valence-electron chi connectivity index (χ0n) is 10.4. The topological polar surface area (TPSA) is 60.9 Å². The van der Waals surface area contributed by atoms with Crippen molar-refractivity contribution in [1.29, 1.82) is 0 Å². The van der Waals surface area contributed by atoms with Crippen molar-refractivity contribution in [3.8, 4) is 0 Å². The maximum Gasteiger partial charge on any atom is 0.152 e. The van der Waals surface area contributed by atoms with Gasteiger partial charge in [0.15, 0.2) is 5.78 Å². The quantitative estimate of drug-likeness (QED) is 0.793. The van der Waals surface area contributed by atoms with Crippen LogP contribution in [0.15, 0.2) is 12.4 Å². The van der Waals surface area contributed by atoms with Gasteiger partial charge in [0, 0.05) is 19.7 Å². The molecule has 16 heavy (non-hydrogen) atoms. The molecule has 0 spiro atoms. The predicted octanol–water partition coefficient (Wildman–Crippen LogP) is 1.44. The van der Waals surface area contributed by atoms with Gasteiger partial charge in [-0.2, -0.15) is 5.10 Å². The van der Waals surface area contributed by atoms with E-state index in [4.69, 9.17) is 5.73 Å². The Morgan fingerprint density at radius 2 is 2.31 bits per heavy atom. The van der Waals surface area contributed by atoms with Crippen LogP contribution in [0.1, 0.15) is 38.7 Å². The molecule has 4 nitrogen and oxygen atoms in total. The highest BCUT2D eigenvalue weighted by atomic mass is 16.1. The molecule has 1 heterocycles. The molecule has 0 fully saturated rings. The van der Waals surface area contributed by atoms with Crippen LogP contribution in [0.5, 0.6) is 0 Å². The number of aryl methyl sites for hydroxylation is 2. The first-order valence-corrected chi connectivity index (χ1v) is 5.75. The Balaban J connectivity index is 2.46. The molecule has 0 aliphatic rings. The number of carbonyl (C=O) groups excluding carboxylic acids is 1. The fourth-order valence-corrected chi connectivity index (χ4v) is 1.80. The molecule has 1 aromatic rings. The average Bonchev–Trinajstić information content (AvgIpc) is 2.60. The average molecular weight is 223 g/mol. The fraction of sp³-hybridized carbons (Fsp3) is 0.667. The summed E-state index contributed by atoms with van der Waals surface area (Å²) in [6.45, 7) is 3.86. The monoisotopic (exact) mass is 223 g/mol. The second-order valence-electron chi connectivity index (χ2n) is 4.61. The molecule has 4 heteroatoms. The second-order valence-corrected chi connectivity index (χ2v) is 4.61. The molecular formula is C12H21N3O. The maximum atomic E-state index is 11.9. The van der Waals surface area contributed by atoms with Gasteiger partial charge in [0.2, 0.25) is 0 Å². The van der Waals surface area contributed by atoms with E-state index in [1.54, 1.807) is 10.9 Å². The molecule has 90 valence electrons. The molecule has 1 rings (SSSR count). The lowest BCUT2D eigenvalue weighted by Crippen LogP contribution is -2.44. The van der Waals surface area contributed by atoms with Gasteiger partial charge in [-0.05, 0) is 25.3 Å². The smallest absolute Gasteiger partial charge is 0.152 e. The van der Waals surface area contributed by atoms with Crippen molar-refractivity contribution in [3.05, 3.63) is 18.0 Å². The summed E-state index contributed by atoms with van der Waals surface area (Å²) in [5.41, 5.74) is 6.39. The molecule has 1 unspecified atom stereocenters. The molecule has 2 N–H and O–H groups in total. The third-order valence-electron chi connectivity index (χ3n) is 2.81. The highest BCUT2D eigenvalue weighted by Gasteiger charge is 2.26. The van der Waals surface area contributed by atoms with E-state index in [0.717, 1.165) is 24.8 Å². The van der Waals surface area contributed by atoms with Crippen molar-refractivity contribution in [1.82, 2.24) is 9.78 Å². The van der Waals surface area contributed by atoms with Crippen molar-refractivity contribution >= 4 is 5.78 Å². The van der Waals surface area contributed by atoms with Crippen LogP contribution in [0.4, 0.5) is 0 Å². The van der Waals surface area contributed by atoms with Crippen LogP contribution in [-0.2, 0) is 18.3 Å². The number of hydrogen-bond donors (Lipinski definition) is 1. The lowest BCUT2D eigenvalue weighted by atomic mass is 9.89. The fourth-order valence-electron chi connectivity index (χ4n) is 1.80. The molecule has 0 aliphatic carbocycles. The number of aromatic nitrogens is 2. The van der Waals surface area contributed by atoms with Crippen molar-refractivity contribution < 1.29 is 4.79 Å². The Labute approximate surface area is 96.8 Å². The van der Waals surface area contributed by atoms with E-state index in [0.29, 0.717) is 6.42 Å². The Bertz CT molecular complexity index is 355. The van der Waals surface area contributed by atoms with Gasteiger partial charge in [0.25, 0.3) is 0 Å². The summed E-state index contributed by atoms with van der Waals surface area (Å²) in [4.78, 5) is 11.9. The minimum atomic E-state index is -0.670. The minimum absolute atomic E-state index is 0.137. The van der Waals surface area contributed by atoms with Gasteiger partial charge >= 0.3 is 0 Å². The second kappa shape index (κ2) is 5.25. The molecule has 0 amide bonds. The highest BCUT2D eigenvalue weighted by Crippen LogP contribution is 2.13. The van der Waals surface area contributed by atoms with Gasteiger partial charge in [-0.25, -0.2) is 0 Å². The predicted molar refractivity (Wildman–Crippen MR) is 64.0 cm³/mol. The van der Waals surface area contributed by atoms with Gasteiger partial charge in [-0.15, -0.1) is 0 Å². The van der Waals surface area contributed by atoms with Gasteiger partial charge in [-0.1, -0.05) is 13.3 Å². The zero-order valence-corrected chi connectivity index (χ0v) is 10.4. The number of rotatable bonds is 6. The van der Waals surface area contributed by atoms with E-state index in [9.17, 15) is 4.79 Å². The third kappa shape index (κ3) is 3.45. The number of nitrogens with two attached hydrogens (primary N) is 1. The summed E-state index contributed by atoms with van der Waals surface area (Å²) >= 11 is 0. The highest BCUT2D eigenvalue weighted by molar-refractivity contribution is 5.87. The Kier molecular flexibility index (Phi) is 4.24. The Hall–Kier alpha value is -1.16. The number of hydrogen-bond acceptors (Lipinski definition) is 3. The number of nitrogens with zero attached hydrogens (tertiary/aromatic N) is 2. The standard InChI is InChI=1S/C12H21N3O/c1-4-7-12(2,13)11(16)6-5-10-8-14-15(3)9-10/h8-9H,4-7,13H2,1-3H3. The molecule has 0 aliphatic heterocycles. The summed E-state index contributed by atoms with van der Waals surface area (Å²) in [6, 6.07) is 0. The summed E-state index contributed by atoms with van der Waals surface area (Å²) in [6.07, 6.45) is 6.63. The van der Waals surface area contributed by atoms with Gasteiger partial charge in [-0.3, -0.25) is 9.48 Å². The normalized spacial score (nSPS) is 14.8. The first-order chi connectivity index (χ1) is 7.45. The van der Waals surface area contributed by atoms with Crippen LogP contribution in [-0.4, -0.2) is 21.1 Å². The summed E-state index contributed by atoms with van der Waals surface area (Å²) in [7, 11) is 1.87. The summed E-state index contributed by atoms with van der Waals surface area (Å²) < 4.78 is 1.74. The molecule has 0 bridgehead atoms. The van der Waals surface area contributed by atoms with E-state index in [1.807, 2.05) is 27.1 Å². The summed E-state index contributed by atoms with van der Waals surface area (Å²) in [5.74, 6) is 0.137. The Morgan fingerprint density at radius 3 is 2.81 bits per heavy atom. The van der Waals surface area contributed by atoms with E-state index < -0.39 is 5.54 Å². The van der Waals surface area contributed by atoms with E-state index in [-0.39, 0.29) is 5.78 Å². The lowest BCUT2D eigenvalue weighted by Gasteiger charge is -2.22. The third-order valence-corrected chi connectivity index (χ3v) is 2.81. The van der Waals surface area contributed by atoms with Gasteiger partial charge in [0.1, 0.15) is 0 Å². The molecular weight excluding hydrogens is 202 g/mol. The van der Waals surface area contributed by atoms with Crippen LogP contribution < -0.4 is 5.73 Å². The molecule has 0 aromatic carbocycles. The zero-order chi connectivity index (χ0) is 12.2. The molecule has 0 radical (unpaired) electrons. The van der Waals surface area contributed by atoms with E-state index in [1.165, 1.54) is 0 Å². The first kappa shape index (κ1) is 12.9. The maximum absolute atomic E-state index is 11.9. The van der Waals surface area contributed by atoms with Crippen LogP contribution in [0, 0.1) is 0 Å². The van der Waals surface area contributed by atoms with Gasteiger partial charge < -0.3 is 5.73 Å². The molecule has 0 saturated carbocycles. The Morgan fingerprint density at radius 1 is 1.62 bits per heavy atom. The summed E-state index contributed by atoms with van der Waals surface area (Å²) in [5, 5.41) is 4.07. The van der Waals surface area contributed by atoms with Crippen molar-refractivity contribution in [2.45, 2.75) is 45.1 Å². The number of Topliss-reactive ketones (excluding diaryl/α,β-unsaturated/α-hetero) is 1. The van der Waals surface area contributed by atoms with Gasteiger partial charge in [0.05, 0.1) is 11.7 Å². The van der Waals surface area contributed by atoms with Crippen molar-refractivity contribution in [3.63, 3.8) is 0 Å². The lowest BCUT2D eigenvalue weighted by molar-refractivity contribution is -0.123.